The maximum Gasteiger partial charge on any atom is 0.573 e. The second-order valence-corrected chi connectivity index (χ2v) is 3.06. The first kappa shape index (κ1) is 13.1. The molecule has 0 aliphatic rings. The summed E-state index contributed by atoms with van der Waals surface area (Å²) in [7, 11) is 0. The molecule has 0 spiro atoms. The topological polar surface area (TPSA) is 38.3 Å². The van der Waals surface area contributed by atoms with Gasteiger partial charge in [0.15, 0.2) is 0 Å². The van der Waals surface area contributed by atoms with Crippen molar-refractivity contribution in [3.63, 3.8) is 0 Å². The van der Waals surface area contributed by atoms with Gasteiger partial charge in [0.1, 0.15) is 5.75 Å². The molecule has 92 valence electrons. The van der Waals surface area contributed by atoms with Crippen LogP contribution in [0.5, 0.6) is 5.75 Å². The van der Waals surface area contributed by atoms with Crippen LogP contribution in [-0.4, -0.2) is 12.3 Å². The second-order valence-electron chi connectivity index (χ2n) is 3.06. The van der Waals surface area contributed by atoms with Gasteiger partial charge in [-0.15, -0.1) is 13.2 Å². The van der Waals surface area contributed by atoms with Gasteiger partial charge in [0.2, 0.25) is 5.91 Å². The summed E-state index contributed by atoms with van der Waals surface area (Å²) in [4.78, 5) is 11.1. The molecule has 0 aliphatic heterocycles. The molecule has 1 aromatic rings. The van der Waals surface area contributed by atoms with E-state index in [0.717, 1.165) is 12.1 Å². The lowest BCUT2D eigenvalue weighted by Gasteiger charge is -2.09. The average molecular weight is 245 g/mol. The largest absolute Gasteiger partial charge is 0.573 e. The summed E-state index contributed by atoms with van der Waals surface area (Å²) >= 11 is 0. The quantitative estimate of drug-likeness (QED) is 0.831. The fraction of sp³-hybridized carbons (Fsp3) is 0.182. The Balaban J connectivity index is 2.65. The molecule has 0 bridgehead atoms. The fourth-order valence-electron chi connectivity index (χ4n) is 1.08. The molecular formula is C11H10F3NO2. The first-order valence-electron chi connectivity index (χ1n) is 4.70. The van der Waals surface area contributed by atoms with Gasteiger partial charge in [-0.05, 0) is 37.3 Å². The number of alkyl halides is 3. The van der Waals surface area contributed by atoms with Crippen molar-refractivity contribution in [1.29, 1.82) is 0 Å². The standard InChI is InChI=1S/C11H10F3NO2/c1-2-3-10(16)15-8-4-6-9(7-5-8)17-11(12,13)14/h2-7H,1H3,(H,15,16)/b3-2+. The zero-order chi connectivity index (χ0) is 12.9. The van der Waals surface area contributed by atoms with Crippen molar-refractivity contribution in [2.24, 2.45) is 0 Å². The second kappa shape index (κ2) is 5.38. The molecule has 0 aliphatic carbocycles. The highest BCUT2D eigenvalue weighted by Gasteiger charge is 2.30. The normalized spacial score (nSPS) is 11.5. The highest BCUT2D eigenvalue weighted by atomic mass is 19.4. The van der Waals surface area contributed by atoms with Crippen LogP contribution >= 0.6 is 0 Å². The van der Waals surface area contributed by atoms with Gasteiger partial charge in [-0.2, -0.15) is 0 Å². The van der Waals surface area contributed by atoms with Crippen molar-refractivity contribution in [3.05, 3.63) is 36.4 Å². The molecule has 0 heterocycles. The molecule has 0 saturated heterocycles. The molecule has 1 aromatic carbocycles. The van der Waals surface area contributed by atoms with Gasteiger partial charge in [-0.25, -0.2) is 0 Å². The molecule has 17 heavy (non-hydrogen) atoms. The smallest absolute Gasteiger partial charge is 0.406 e. The van der Waals surface area contributed by atoms with Crippen LogP contribution in [0.3, 0.4) is 0 Å². The van der Waals surface area contributed by atoms with E-state index in [-0.39, 0.29) is 11.7 Å². The molecule has 0 unspecified atom stereocenters. The monoisotopic (exact) mass is 245 g/mol. The number of allylic oxidation sites excluding steroid dienone is 1. The third-order valence-electron chi connectivity index (χ3n) is 1.67. The van der Waals surface area contributed by atoms with Crippen LogP contribution < -0.4 is 10.1 Å². The van der Waals surface area contributed by atoms with E-state index in [1.807, 2.05) is 0 Å². The highest BCUT2D eigenvalue weighted by Crippen LogP contribution is 2.23. The van der Waals surface area contributed by atoms with Gasteiger partial charge in [-0.1, -0.05) is 6.08 Å². The van der Waals surface area contributed by atoms with Crippen LogP contribution in [0, 0.1) is 0 Å². The Morgan fingerprint density at radius 3 is 2.35 bits per heavy atom. The molecule has 6 heteroatoms. The number of benzene rings is 1. The lowest BCUT2D eigenvalue weighted by molar-refractivity contribution is -0.274. The van der Waals surface area contributed by atoms with E-state index in [9.17, 15) is 18.0 Å². The summed E-state index contributed by atoms with van der Waals surface area (Å²) in [6, 6.07) is 4.89. The van der Waals surface area contributed by atoms with E-state index < -0.39 is 6.36 Å². The van der Waals surface area contributed by atoms with Crippen molar-refractivity contribution in [3.8, 4) is 5.75 Å². The van der Waals surface area contributed by atoms with E-state index in [2.05, 4.69) is 10.1 Å². The number of carbonyl (C=O) groups excluding carboxylic acids is 1. The maximum atomic E-state index is 11.9. The lowest BCUT2D eigenvalue weighted by atomic mass is 10.3. The summed E-state index contributed by atoms with van der Waals surface area (Å²) in [5.41, 5.74) is 0.391. The number of anilines is 1. The average Bonchev–Trinajstić information content (AvgIpc) is 2.19. The van der Waals surface area contributed by atoms with Crippen molar-refractivity contribution < 1.29 is 22.7 Å². The number of hydrogen-bond donors (Lipinski definition) is 1. The predicted octanol–water partition coefficient (Wildman–Crippen LogP) is 3.10. The minimum Gasteiger partial charge on any atom is -0.406 e. The Kier molecular flexibility index (Phi) is 4.14. The van der Waals surface area contributed by atoms with Crippen molar-refractivity contribution in [2.45, 2.75) is 13.3 Å². The summed E-state index contributed by atoms with van der Waals surface area (Å²) in [6.07, 6.45) is -1.85. The molecule has 1 N–H and O–H groups in total. The molecule has 0 atom stereocenters. The summed E-state index contributed by atoms with van der Waals surface area (Å²) in [6.45, 7) is 1.68. The van der Waals surface area contributed by atoms with Gasteiger partial charge in [0, 0.05) is 5.69 Å². The third-order valence-corrected chi connectivity index (χ3v) is 1.67. The van der Waals surface area contributed by atoms with E-state index in [1.165, 1.54) is 18.2 Å². The Morgan fingerprint density at radius 1 is 1.29 bits per heavy atom. The van der Waals surface area contributed by atoms with Crippen LogP contribution in [-0.2, 0) is 4.79 Å². The van der Waals surface area contributed by atoms with E-state index >= 15 is 0 Å². The van der Waals surface area contributed by atoms with Gasteiger partial charge in [0.25, 0.3) is 0 Å². The molecule has 0 radical (unpaired) electrons. The lowest BCUT2D eigenvalue weighted by Crippen LogP contribution is -2.17. The van der Waals surface area contributed by atoms with Crippen LogP contribution in [0.2, 0.25) is 0 Å². The molecule has 0 aromatic heterocycles. The zero-order valence-electron chi connectivity index (χ0n) is 8.91. The number of halogens is 3. The number of amides is 1. The van der Waals surface area contributed by atoms with Gasteiger partial charge < -0.3 is 10.1 Å². The Hall–Kier alpha value is -1.98. The molecule has 1 rings (SSSR count). The van der Waals surface area contributed by atoms with Crippen molar-refractivity contribution in [2.75, 3.05) is 5.32 Å². The van der Waals surface area contributed by atoms with Gasteiger partial charge >= 0.3 is 6.36 Å². The first-order valence-corrected chi connectivity index (χ1v) is 4.70. The van der Waals surface area contributed by atoms with Crippen LogP contribution in [0.1, 0.15) is 6.92 Å². The molecule has 3 nitrogen and oxygen atoms in total. The number of ether oxygens (including phenoxy) is 1. The summed E-state index contributed by atoms with van der Waals surface area (Å²) in [5.74, 6) is -0.682. The first-order chi connectivity index (χ1) is 7.90. The Morgan fingerprint density at radius 2 is 1.88 bits per heavy atom. The number of rotatable bonds is 3. The molecule has 0 saturated carbocycles. The molecule has 1 amide bonds. The van der Waals surface area contributed by atoms with Gasteiger partial charge in [-0.3, -0.25) is 4.79 Å². The number of carbonyl (C=O) groups is 1. The summed E-state index contributed by atoms with van der Waals surface area (Å²) < 4.78 is 39.2. The predicted molar refractivity (Wildman–Crippen MR) is 56.6 cm³/mol. The van der Waals surface area contributed by atoms with E-state index in [0.29, 0.717) is 5.69 Å². The minimum atomic E-state index is -4.71. The van der Waals surface area contributed by atoms with Crippen LogP contribution in [0.4, 0.5) is 18.9 Å². The van der Waals surface area contributed by atoms with Gasteiger partial charge in [0.05, 0.1) is 0 Å². The van der Waals surface area contributed by atoms with Crippen LogP contribution in [0.15, 0.2) is 36.4 Å². The number of nitrogens with one attached hydrogen (secondary N) is 1. The third kappa shape index (κ3) is 5.05. The SMILES string of the molecule is C/C=C/C(=O)Nc1ccc(OC(F)(F)F)cc1. The maximum absolute atomic E-state index is 11.9. The number of hydrogen-bond acceptors (Lipinski definition) is 2. The van der Waals surface area contributed by atoms with Crippen LogP contribution in [0.25, 0.3) is 0 Å². The Labute approximate surface area is 95.9 Å². The Bertz CT molecular complexity index is 410. The van der Waals surface area contributed by atoms with Crippen molar-refractivity contribution >= 4 is 11.6 Å². The van der Waals surface area contributed by atoms with E-state index in [4.69, 9.17) is 0 Å². The zero-order valence-corrected chi connectivity index (χ0v) is 8.91. The molecular weight excluding hydrogens is 235 g/mol. The highest BCUT2D eigenvalue weighted by molar-refractivity contribution is 5.99. The minimum absolute atomic E-state index is 0.332. The summed E-state index contributed by atoms with van der Waals surface area (Å²) in [5, 5.41) is 2.47. The van der Waals surface area contributed by atoms with E-state index in [1.54, 1.807) is 13.0 Å². The van der Waals surface area contributed by atoms with Crippen molar-refractivity contribution in [1.82, 2.24) is 0 Å². The fourth-order valence-corrected chi connectivity index (χ4v) is 1.08. The molecule has 0 fully saturated rings.